The van der Waals surface area contributed by atoms with Gasteiger partial charge in [0.05, 0.1) is 5.69 Å². The van der Waals surface area contributed by atoms with Crippen LogP contribution in [0.25, 0.3) is 0 Å². The first-order chi connectivity index (χ1) is 7.25. The highest BCUT2D eigenvalue weighted by Gasteiger charge is 2.02. The Morgan fingerprint density at radius 2 is 2.20 bits per heavy atom. The molecule has 4 heteroatoms. The lowest BCUT2D eigenvalue weighted by Crippen LogP contribution is -1.98. The van der Waals surface area contributed by atoms with Crippen molar-refractivity contribution >= 4 is 17.0 Å². The molecule has 0 amide bonds. The molecule has 0 aliphatic heterocycles. The molecular formula is C11H10FNOS. The van der Waals surface area contributed by atoms with Gasteiger partial charge >= 0.3 is 0 Å². The molecule has 0 saturated heterocycles. The number of anilines is 1. The third kappa shape index (κ3) is 2.47. The number of rotatable bonds is 3. The second-order valence-electron chi connectivity index (χ2n) is 3.10. The van der Waals surface area contributed by atoms with Gasteiger partial charge in [0.15, 0.2) is 0 Å². The van der Waals surface area contributed by atoms with Crippen molar-refractivity contribution in [2.45, 2.75) is 6.61 Å². The Balaban J connectivity index is 2.05. The summed E-state index contributed by atoms with van der Waals surface area (Å²) in [5.41, 5.74) is 7.01. The lowest BCUT2D eigenvalue weighted by Gasteiger charge is -2.07. The third-order valence-corrected chi connectivity index (χ3v) is 2.68. The largest absolute Gasteiger partial charge is 0.487 e. The number of hydrogen-bond acceptors (Lipinski definition) is 3. The summed E-state index contributed by atoms with van der Waals surface area (Å²) >= 11 is 1.61. The van der Waals surface area contributed by atoms with Crippen LogP contribution in [0.1, 0.15) is 5.56 Å². The lowest BCUT2D eigenvalue weighted by molar-refractivity contribution is 0.308. The van der Waals surface area contributed by atoms with Crippen LogP contribution in [-0.2, 0) is 6.61 Å². The Bertz CT molecular complexity index is 442. The van der Waals surface area contributed by atoms with E-state index in [9.17, 15) is 4.39 Å². The minimum atomic E-state index is -0.351. The topological polar surface area (TPSA) is 35.2 Å². The van der Waals surface area contributed by atoms with E-state index in [4.69, 9.17) is 10.5 Å². The first kappa shape index (κ1) is 9.98. The molecule has 1 aromatic heterocycles. The van der Waals surface area contributed by atoms with Crippen molar-refractivity contribution in [3.63, 3.8) is 0 Å². The fourth-order valence-electron chi connectivity index (χ4n) is 1.19. The van der Waals surface area contributed by atoms with Crippen molar-refractivity contribution < 1.29 is 9.13 Å². The van der Waals surface area contributed by atoms with Gasteiger partial charge in [-0.25, -0.2) is 4.39 Å². The van der Waals surface area contributed by atoms with Crippen molar-refractivity contribution in [1.29, 1.82) is 0 Å². The van der Waals surface area contributed by atoms with E-state index in [0.29, 0.717) is 18.0 Å². The van der Waals surface area contributed by atoms with E-state index < -0.39 is 0 Å². The van der Waals surface area contributed by atoms with Crippen LogP contribution in [0, 0.1) is 5.82 Å². The Hall–Kier alpha value is -1.55. The first-order valence-electron chi connectivity index (χ1n) is 4.44. The summed E-state index contributed by atoms with van der Waals surface area (Å²) in [6.07, 6.45) is 0. The summed E-state index contributed by atoms with van der Waals surface area (Å²) in [4.78, 5) is 0. The highest BCUT2D eigenvalue weighted by Crippen LogP contribution is 2.23. The number of halogens is 1. The van der Waals surface area contributed by atoms with E-state index in [1.54, 1.807) is 11.3 Å². The molecule has 0 aliphatic carbocycles. The zero-order valence-electron chi connectivity index (χ0n) is 7.94. The predicted molar refractivity (Wildman–Crippen MR) is 59.5 cm³/mol. The maximum Gasteiger partial charge on any atom is 0.142 e. The summed E-state index contributed by atoms with van der Waals surface area (Å²) in [5, 5.41) is 3.98. The van der Waals surface area contributed by atoms with E-state index in [-0.39, 0.29) is 5.82 Å². The number of hydrogen-bond donors (Lipinski definition) is 1. The van der Waals surface area contributed by atoms with E-state index in [1.807, 2.05) is 16.8 Å². The molecule has 78 valence electrons. The van der Waals surface area contributed by atoms with Gasteiger partial charge < -0.3 is 10.5 Å². The van der Waals surface area contributed by atoms with Crippen LogP contribution < -0.4 is 10.5 Å². The quantitative estimate of drug-likeness (QED) is 0.812. The van der Waals surface area contributed by atoms with Gasteiger partial charge in [-0.1, -0.05) is 0 Å². The number of nitrogen functional groups attached to an aromatic ring is 1. The van der Waals surface area contributed by atoms with E-state index in [0.717, 1.165) is 5.56 Å². The standard InChI is InChI=1S/C11H10FNOS/c12-9-1-2-11(10(13)5-9)14-6-8-3-4-15-7-8/h1-5,7H,6,13H2. The minimum Gasteiger partial charge on any atom is -0.487 e. The number of thiophene rings is 1. The van der Waals surface area contributed by atoms with Crippen LogP contribution in [-0.4, -0.2) is 0 Å². The van der Waals surface area contributed by atoms with Gasteiger partial charge in [-0.3, -0.25) is 0 Å². The molecule has 0 aliphatic rings. The van der Waals surface area contributed by atoms with Gasteiger partial charge in [0, 0.05) is 6.07 Å². The zero-order valence-corrected chi connectivity index (χ0v) is 8.76. The van der Waals surface area contributed by atoms with Gasteiger partial charge in [0.2, 0.25) is 0 Å². The molecule has 2 aromatic rings. The third-order valence-electron chi connectivity index (χ3n) is 1.95. The average Bonchev–Trinajstić information content (AvgIpc) is 2.69. The Labute approximate surface area is 91.1 Å². The molecule has 2 rings (SSSR count). The summed E-state index contributed by atoms with van der Waals surface area (Å²) < 4.78 is 18.2. The zero-order chi connectivity index (χ0) is 10.7. The molecule has 0 fully saturated rings. The second-order valence-corrected chi connectivity index (χ2v) is 3.88. The normalized spacial score (nSPS) is 10.2. The fourth-order valence-corrected chi connectivity index (χ4v) is 1.84. The summed E-state index contributed by atoms with van der Waals surface area (Å²) in [6, 6.07) is 6.10. The van der Waals surface area contributed by atoms with Crippen molar-refractivity contribution in [1.82, 2.24) is 0 Å². The van der Waals surface area contributed by atoms with Crippen LogP contribution in [0.15, 0.2) is 35.0 Å². The average molecular weight is 223 g/mol. The van der Waals surface area contributed by atoms with Gasteiger partial charge in [-0.05, 0) is 34.5 Å². The first-order valence-corrected chi connectivity index (χ1v) is 5.39. The molecule has 1 aromatic carbocycles. The van der Waals surface area contributed by atoms with Gasteiger partial charge in [0.1, 0.15) is 18.2 Å². The Morgan fingerprint density at radius 3 is 2.87 bits per heavy atom. The molecule has 0 radical (unpaired) electrons. The number of ether oxygens (including phenoxy) is 1. The molecule has 0 bridgehead atoms. The van der Waals surface area contributed by atoms with Crippen molar-refractivity contribution in [2.24, 2.45) is 0 Å². The fraction of sp³-hybridized carbons (Fsp3) is 0.0909. The van der Waals surface area contributed by atoms with E-state index in [1.165, 1.54) is 18.2 Å². The smallest absolute Gasteiger partial charge is 0.142 e. The maximum atomic E-state index is 12.7. The highest BCUT2D eigenvalue weighted by molar-refractivity contribution is 7.07. The Morgan fingerprint density at radius 1 is 1.33 bits per heavy atom. The van der Waals surface area contributed by atoms with Crippen LogP contribution in [0.4, 0.5) is 10.1 Å². The molecule has 15 heavy (non-hydrogen) atoms. The lowest BCUT2D eigenvalue weighted by atomic mass is 10.3. The summed E-state index contributed by atoms with van der Waals surface area (Å²) in [5.74, 6) is 0.165. The van der Waals surface area contributed by atoms with Crippen molar-refractivity contribution in [2.75, 3.05) is 5.73 Å². The van der Waals surface area contributed by atoms with Crippen molar-refractivity contribution in [3.05, 3.63) is 46.4 Å². The molecule has 1 heterocycles. The molecule has 0 saturated carbocycles. The molecule has 0 unspecified atom stereocenters. The molecule has 2 nitrogen and oxygen atoms in total. The number of benzene rings is 1. The van der Waals surface area contributed by atoms with Crippen LogP contribution in [0.2, 0.25) is 0 Å². The molecule has 2 N–H and O–H groups in total. The molecule has 0 atom stereocenters. The van der Waals surface area contributed by atoms with Crippen LogP contribution >= 0.6 is 11.3 Å². The summed E-state index contributed by atoms with van der Waals surface area (Å²) in [7, 11) is 0. The second kappa shape index (κ2) is 4.31. The summed E-state index contributed by atoms with van der Waals surface area (Å²) in [6.45, 7) is 0.458. The van der Waals surface area contributed by atoms with E-state index in [2.05, 4.69) is 0 Å². The van der Waals surface area contributed by atoms with Crippen LogP contribution in [0.5, 0.6) is 5.75 Å². The highest BCUT2D eigenvalue weighted by atomic mass is 32.1. The van der Waals surface area contributed by atoms with Gasteiger partial charge in [-0.2, -0.15) is 11.3 Å². The molecular weight excluding hydrogens is 213 g/mol. The maximum absolute atomic E-state index is 12.7. The van der Waals surface area contributed by atoms with Gasteiger partial charge in [0.25, 0.3) is 0 Å². The van der Waals surface area contributed by atoms with E-state index >= 15 is 0 Å². The molecule has 0 spiro atoms. The monoisotopic (exact) mass is 223 g/mol. The number of nitrogens with two attached hydrogens (primary N) is 1. The van der Waals surface area contributed by atoms with Crippen LogP contribution in [0.3, 0.4) is 0 Å². The van der Waals surface area contributed by atoms with Crippen molar-refractivity contribution in [3.8, 4) is 5.75 Å². The minimum absolute atomic E-state index is 0.324. The SMILES string of the molecule is Nc1cc(F)ccc1OCc1ccsc1. The predicted octanol–water partition coefficient (Wildman–Crippen LogP) is 3.05. The van der Waals surface area contributed by atoms with Gasteiger partial charge in [-0.15, -0.1) is 0 Å². The Kier molecular flexibility index (Phi) is 2.87.